The van der Waals surface area contributed by atoms with E-state index >= 15 is 0 Å². The second-order valence-corrected chi connectivity index (χ2v) is 11.3. The van der Waals surface area contributed by atoms with Gasteiger partial charge in [-0.25, -0.2) is 21.6 Å². The molecule has 2 rings (SSSR count). The van der Waals surface area contributed by atoms with Crippen LogP contribution in [0.15, 0.2) is 18.2 Å². The van der Waals surface area contributed by atoms with Crippen LogP contribution in [-0.2, 0) is 34.3 Å². The van der Waals surface area contributed by atoms with E-state index in [1.54, 1.807) is 0 Å². The molecule has 0 amide bonds. The van der Waals surface area contributed by atoms with Gasteiger partial charge in [0.05, 0.1) is 42.5 Å². The maximum absolute atomic E-state index is 12.8. The van der Waals surface area contributed by atoms with E-state index in [1.165, 1.54) is 39.5 Å². The van der Waals surface area contributed by atoms with Crippen LogP contribution in [0.3, 0.4) is 0 Å². The first-order chi connectivity index (χ1) is 13.6. The van der Waals surface area contributed by atoms with Gasteiger partial charge in [0.1, 0.15) is 4.88 Å². The number of methoxy groups -OCH3 is 3. The van der Waals surface area contributed by atoms with Crippen LogP contribution in [0.2, 0.25) is 5.02 Å². The third kappa shape index (κ3) is 5.19. The van der Waals surface area contributed by atoms with Crippen molar-refractivity contribution < 1.29 is 35.8 Å². The number of thiophene rings is 1. The summed E-state index contributed by atoms with van der Waals surface area (Å²) in [4.78, 5) is 12.0. The highest BCUT2D eigenvalue weighted by atomic mass is 35.5. The summed E-state index contributed by atoms with van der Waals surface area (Å²) >= 11 is 7.31. The standard InChI is InChI=1S/C16H20ClNO8S3/c1-24-6-8-28(20,21)18(29(22,23)9-7-25-2)11-4-5-13-12(10-11)14(17)15(27-13)16(19)26-3/h4-5,10H,6-9H2,1-3H3. The topological polar surface area (TPSA) is 116 Å². The summed E-state index contributed by atoms with van der Waals surface area (Å²) in [6.45, 7) is -0.376. The van der Waals surface area contributed by atoms with Gasteiger partial charge in [-0.1, -0.05) is 11.6 Å². The van der Waals surface area contributed by atoms with Gasteiger partial charge in [0.15, 0.2) is 0 Å². The fourth-order valence-corrected chi connectivity index (χ4v) is 7.62. The summed E-state index contributed by atoms with van der Waals surface area (Å²) in [5.74, 6) is -1.73. The van der Waals surface area contributed by atoms with Gasteiger partial charge in [-0.3, -0.25) is 0 Å². The van der Waals surface area contributed by atoms with Gasteiger partial charge in [0.25, 0.3) is 20.0 Å². The average molecular weight is 486 g/mol. The summed E-state index contributed by atoms with van der Waals surface area (Å²) in [5.41, 5.74) is -0.124. The molecule has 9 nitrogen and oxygen atoms in total. The molecule has 0 aliphatic carbocycles. The molecule has 1 heterocycles. The SMILES string of the molecule is COCCS(=O)(=O)N(c1ccc2sc(C(=O)OC)c(Cl)c2c1)S(=O)(=O)CCOC. The lowest BCUT2D eigenvalue weighted by Gasteiger charge is -2.24. The number of rotatable bonds is 10. The molecule has 0 aliphatic heterocycles. The molecule has 0 saturated heterocycles. The van der Waals surface area contributed by atoms with Gasteiger partial charge in [-0.15, -0.1) is 11.3 Å². The predicted molar refractivity (Wildman–Crippen MR) is 112 cm³/mol. The van der Waals surface area contributed by atoms with E-state index in [4.69, 9.17) is 21.1 Å². The molecule has 13 heteroatoms. The summed E-state index contributed by atoms with van der Waals surface area (Å²) in [5, 5.41) is 0.394. The molecule has 0 spiro atoms. The number of carbonyl (C=O) groups excluding carboxylic acids is 1. The Morgan fingerprint density at radius 3 is 2.07 bits per heavy atom. The monoisotopic (exact) mass is 485 g/mol. The summed E-state index contributed by atoms with van der Waals surface area (Å²) in [7, 11) is -4.75. The zero-order chi connectivity index (χ0) is 21.8. The summed E-state index contributed by atoms with van der Waals surface area (Å²) < 4.78 is 66.4. The molecule has 0 radical (unpaired) electrons. The van der Waals surface area contributed by atoms with Gasteiger partial charge in [-0.2, -0.15) is 3.71 Å². The number of halogens is 1. The van der Waals surface area contributed by atoms with Crippen molar-refractivity contribution in [2.24, 2.45) is 0 Å². The number of hydrogen-bond donors (Lipinski definition) is 0. The highest BCUT2D eigenvalue weighted by molar-refractivity contribution is 8.10. The van der Waals surface area contributed by atoms with E-state index in [0.29, 0.717) is 13.8 Å². The first kappa shape index (κ1) is 23.8. The lowest BCUT2D eigenvalue weighted by Crippen LogP contribution is -2.41. The zero-order valence-corrected chi connectivity index (χ0v) is 19.1. The molecule has 0 saturated carbocycles. The van der Waals surface area contributed by atoms with Crippen LogP contribution in [-0.4, -0.2) is 68.9 Å². The normalized spacial score (nSPS) is 12.3. The number of ether oxygens (including phenoxy) is 3. The molecule has 0 fully saturated rings. The summed E-state index contributed by atoms with van der Waals surface area (Å²) in [6.07, 6.45) is 0. The Labute approximate surface area is 178 Å². The minimum atomic E-state index is -4.29. The van der Waals surface area contributed by atoms with Crippen molar-refractivity contribution in [3.63, 3.8) is 0 Å². The van der Waals surface area contributed by atoms with Crippen LogP contribution in [0.1, 0.15) is 9.67 Å². The van der Waals surface area contributed by atoms with Gasteiger partial charge in [-0.05, 0) is 18.2 Å². The Kier molecular flexibility index (Phi) is 7.87. The maximum atomic E-state index is 12.8. The molecular weight excluding hydrogens is 466 g/mol. The van der Waals surface area contributed by atoms with Gasteiger partial charge >= 0.3 is 5.97 Å². The molecule has 0 N–H and O–H groups in total. The van der Waals surface area contributed by atoms with Crippen LogP contribution in [0.25, 0.3) is 10.1 Å². The van der Waals surface area contributed by atoms with E-state index < -0.39 is 37.5 Å². The quantitative estimate of drug-likeness (QED) is 0.470. The van der Waals surface area contributed by atoms with Gasteiger partial charge < -0.3 is 14.2 Å². The molecule has 1 aromatic carbocycles. The Morgan fingerprint density at radius 2 is 1.59 bits per heavy atom. The smallest absolute Gasteiger partial charge is 0.349 e. The molecule has 0 unspecified atom stereocenters. The number of benzene rings is 1. The summed E-state index contributed by atoms with van der Waals surface area (Å²) in [6, 6.07) is 4.15. The molecule has 0 aliphatic rings. The molecular formula is C16H20ClNO8S3. The highest BCUT2D eigenvalue weighted by Gasteiger charge is 2.34. The number of esters is 1. The average Bonchev–Trinajstić information content (AvgIpc) is 3.00. The number of sulfonamides is 2. The van der Waals surface area contributed by atoms with Crippen LogP contribution >= 0.6 is 22.9 Å². The van der Waals surface area contributed by atoms with Crippen LogP contribution in [0, 0.1) is 0 Å². The van der Waals surface area contributed by atoms with E-state index in [1.807, 2.05) is 0 Å². The van der Waals surface area contributed by atoms with Gasteiger partial charge in [0, 0.05) is 24.3 Å². The second kappa shape index (κ2) is 9.58. The number of nitrogens with zero attached hydrogens (tertiary/aromatic N) is 1. The lowest BCUT2D eigenvalue weighted by atomic mass is 10.2. The van der Waals surface area contributed by atoms with E-state index in [0.717, 1.165) is 11.3 Å². The fraction of sp³-hybridized carbons (Fsp3) is 0.438. The second-order valence-electron chi connectivity index (χ2n) is 5.73. The lowest BCUT2D eigenvalue weighted by molar-refractivity contribution is 0.0606. The molecule has 0 atom stereocenters. The molecule has 162 valence electrons. The Bertz CT molecular complexity index is 1060. The third-order valence-corrected chi connectivity index (χ3v) is 9.60. The molecule has 29 heavy (non-hydrogen) atoms. The van der Waals surface area contributed by atoms with Crippen molar-refractivity contribution in [3.05, 3.63) is 28.1 Å². The minimum absolute atomic E-state index is 0.0576. The largest absolute Gasteiger partial charge is 0.465 e. The van der Waals surface area contributed by atoms with Crippen molar-refractivity contribution >= 4 is 64.7 Å². The number of hydrogen-bond acceptors (Lipinski definition) is 9. The van der Waals surface area contributed by atoms with Crippen LogP contribution in [0.4, 0.5) is 5.69 Å². The first-order valence-electron chi connectivity index (χ1n) is 8.13. The predicted octanol–water partition coefficient (Wildman–Crippen LogP) is 2.10. The molecule has 2 aromatic rings. The number of carbonyl (C=O) groups is 1. The highest BCUT2D eigenvalue weighted by Crippen LogP contribution is 2.38. The Balaban J connectivity index is 2.65. The first-order valence-corrected chi connectivity index (χ1v) is 12.5. The Hall–Kier alpha value is -1.44. The number of fused-ring (bicyclic) bond motifs is 1. The van der Waals surface area contributed by atoms with Crippen LogP contribution < -0.4 is 3.71 Å². The zero-order valence-electron chi connectivity index (χ0n) is 15.9. The van der Waals surface area contributed by atoms with Crippen molar-refractivity contribution in [2.45, 2.75) is 0 Å². The maximum Gasteiger partial charge on any atom is 0.349 e. The minimum Gasteiger partial charge on any atom is -0.465 e. The molecule has 0 bridgehead atoms. The van der Waals surface area contributed by atoms with Crippen LogP contribution in [0.5, 0.6) is 0 Å². The molecule has 1 aromatic heterocycles. The van der Waals surface area contributed by atoms with Gasteiger partial charge in [0.2, 0.25) is 0 Å². The van der Waals surface area contributed by atoms with Crippen molar-refractivity contribution in [3.8, 4) is 0 Å². The van der Waals surface area contributed by atoms with E-state index in [2.05, 4.69) is 4.74 Å². The number of anilines is 1. The van der Waals surface area contributed by atoms with Crippen molar-refractivity contribution in [2.75, 3.05) is 49.8 Å². The fourth-order valence-electron chi connectivity index (χ4n) is 2.43. The Morgan fingerprint density at radius 1 is 1.03 bits per heavy atom. The van der Waals surface area contributed by atoms with Crippen molar-refractivity contribution in [1.29, 1.82) is 0 Å². The van der Waals surface area contributed by atoms with E-state index in [-0.39, 0.29) is 28.8 Å². The third-order valence-electron chi connectivity index (χ3n) is 3.79. The van der Waals surface area contributed by atoms with Crippen molar-refractivity contribution in [1.82, 2.24) is 0 Å². The van der Waals surface area contributed by atoms with E-state index in [9.17, 15) is 21.6 Å².